The third-order valence-corrected chi connectivity index (χ3v) is 6.40. The molecule has 0 spiro atoms. The number of aryl methyl sites for hydroxylation is 2. The lowest BCUT2D eigenvalue weighted by Crippen LogP contribution is -2.41. The van der Waals surface area contributed by atoms with Gasteiger partial charge in [-0.3, -0.25) is 14.2 Å². The maximum Gasteiger partial charge on any atom is 0.267 e. The predicted molar refractivity (Wildman–Crippen MR) is 118 cm³/mol. The van der Waals surface area contributed by atoms with Crippen molar-refractivity contribution in [3.05, 3.63) is 50.1 Å². The molecule has 3 aromatic rings. The van der Waals surface area contributed by atoms with E-state index in [0.717, 1.165) is 10.4 Å². The molecule has 0 bridgehead atoms. The molecular formula is C20H22ClN3O2S2. The zero-order chi connectivity index (χ0) is 20.6. The van der Waals surface area contributed by atoms with E-state index in [1.807, 2.05) is 34.6 Å². The molecule has 0 saturated heterocycles. The number of thioether (sulfide) groups is 1. The van der Waals surface area contributed by atoms with Gasteiger partial charge < -0.3 is 5.32 Å². The topological polar surface area (TPSA) is 64.0 Å². The Balaban J connectivity index is 2.09. The van der Waals surface area contributed by atoms with Crippen molar-refractivity contribution in [2.45, 2.75) is 45.3 Å². The van der Waals surface area contributed by atoms with Crippen LogP contribution in [0.4, 0.5) is 0 Å². The van der Waals surface area contributed by atoms with Gasteiger partial charge in [0, 0.05) is 15.4 Å². The summed E-state index contributed by atoms with van der Waals surface area (Å²) in [5, 5.41) is 4.64. The lowest BCUT2D eigenvalue weighted by atomic mass is 10.1. The van der Waals surface area contributed by atoms with E-state index in [0.29, 0.717) is 26.1 Å². The summed E-state index contributed by atoms with van der Waals surface area (Å²) < 4.78 is 1.56. The van der Waals surface area contributed by atoms with Crippen molar-refractivity contribution in [1.29, 1.82) is 0 Å². The third kappa shape index (κ3) is 4.42. The van der Waals surface area contributed by atoms with Crippen molar-refractivity contribution in [3.63, 3.8) is 0 Å². The summed E-state index contributed by atoms with van der Waals surface area (Å²) in [5.41, 5.74) is 1.17. The second kappa shape index (κ2) is 7.89. The van der Waals surface area contributed by atoms with Gasteiger partial charge in [-0.15, -0.1) is 11.3 Å². The van der Waals surface area contributed by atoms with Crippen molar-refractivity contribution < 1.29 is 4.79 Å². The highest BCUT2D eigenvalue weighted by Gasteiger charge is 2.20. The van der Waals surface area contributed by atoms with Gasteiger partial charge >= 0.3 is 0 Å². The Hall–Kier alpha value is -1.83. The Bertz CT molecular complexity index is 1100. The molecular weight excluding hydrogens is 414 g/mol. The lowest BCUT2D eigenvalue weighted by Gasteiger charge is -2.20. The molecule has 0 radical (unpaired) electrons. The Morgan fingerprint density at radius 1 is 1.25 bits per heavy atom. The van der Waals surface area contributed by atoms with Gasteiger partial charge in [0.2, 0.25) is 5.91 Å². The fourth-order valence-corrected chi connectivity index (χ4v) is 4.78. The van der Waals surface area contributed by atoms with E-state index in [9.17, 15) is 9.59 Å². The van der Waals surface area contributed by atoms with Crippen LogP contribution < -0.4 is 10.9 Å². The number of halogens is 1. The quantitative estimate of drug-likeness (QED) is 0.475. The van der Waals surface area contributed by atoms with Crippen LogP contribution >= 0.6 is 34.7 Å². The summed E-state index contributed by atoms with van der Waals surface area (Å²) in [6, 6.07) is 7.04. The first-order valence-corrected chi connectivity index (χ1v) is 11.0. The summed E-state index contributed by atoms with van der Waals surface area (Å²) in [4.78, 5) is 32.1. The standard InChI is InChI=1S/C20H22ClN3O2S2/c1-11-12(2)28-17-16(11)18(26)24(14-8-6-13(21)7-9-14)19(22-17)27-10-15(25)23-20(3,4)5/h6-9H,10H2,1-5H3,(H,23,25). The molecule has 1 amide bonds. The number of aromatic nitrogens is 2. The summed E-state index contributed by atoms with van der Waals surface area (Å²) in [6.07, 6.45) is 0. The Kier molecular flexibility index (Phi) is 5.89. The van der Waals surface area contributed by atoms with Gasteiger partial charge in [-0.05, 0) is 64.4 Å². The van der Waals surface area contributed by atoms with Gasteiger partial charge in [0.25, 0.3) is 5.56 Å². The number of benzene rings is 1. The first-order chi connectivity index (χ1) is 13.1. The number of fused-ring (bicyclic) bond motifs is 1. The van der Waals surface area contributed by atoms with Crippen LogP contribution in [-0.4, -0.2) is 26.8 Å². The molecule has 0 aliphatic heterocycles. The molecule has 0 aliphatic rings. The Morgan fingerprint density at radius 3 is 2.50 bits per heavy atom. The fourth-order valence-electron chi connectivity index (χ4n) is 2.77. The molecule has 0 atom stereocenters. The number of thiophene rings is 1. The number of hydrogen-bond acceptors (Lipinski definition) is 5. The number of hydrogen-bond donors (Lipinski definition) is 1. The molecule has 148 valence electrons. The molecule has 1 aromatic carbocycles. The van der Waals surface area contributed by atoms with Gasteiger partial charge in [-0.1, -0.05) is 23.4 Å². The largest absolute Gasteiger partial charge is 0.351 e. The van der Waals surface area contributed by atoms with E-state index in [-0.39, 0.29) is 22.8 Å². The van der Waals surface area contributed by atoms with Crippen LogP contribution in [0.1, 0.15) is 31.2 Å². The summed E-state index contributed by atoms with van der Waals surface area (Å²) in [6.45, 7) is 9.71. The van der Waals surface area contributed by atoms with E-state index in [4.69, 9.17) is 16.6 Å². The van der Waals surface area contributed by atoms with E-state index in [1.165, 1.54) is 23.1 Å². The average molecular weight is 436 g/mol. The van der Waals surface area contributed by atoms with Crippen molar-refractivity contribution in [1.82, 2.24) is 14.9 Å². The first kappa shape index (κ1) is 20.9. The molecule has 8 heteroatoms. The monoisotopic (exact) mass is 435 g/mol. The van der Waals surface area contributed by atoms with Gasteiger partial charge in [0.05, 0.1) is 16.8 Å². The molecule has 3 rings (SSSR count). The van der Waals surface area contributed by atoms with Gasteiger partial charge in [0.1, 0.15) is 4.83 Å². The number of carbonyl (C=O) groups is 1. The van der Waals surface area contributed by atoms with Crippen LogP contribution in [0.25, 0.3) is 15.9 Å². The Labute approximate surface area is 177 Å². The smallest absolute Gasteiger partial charge is 0.267 e. The molecule has 0 aliphatic carbocycles. The number of rotatable bonds is 4. The van der Waals surface area contributed by atoms with Crippen molar-refractivity contribution in [2.75, 3.05) is 5.75 Å². The van der Waals surface area contributed by atoms with E-state index in [2.05, 4.69) is 5.32 Å². The lowest BCUT2D eigenvalue weighted by molar-refractivity contribution is -0.119. The van der Waals surface area contributed by atoms with Crippen LogP contribution in [0.2, 0.25) is 5.02 Å². The van der Waals surface area contributed by atoms with E-state index in [1.54, 1.807) is 28.8 Å². The SMILES string of the molecule is Cc1sc2nc(SCC(=O)NC(C)(C)C)n(-c3ccc(Cl)cc3)c(=O)c2c1C. The second-order valence-electron chi connectivity index (χ2n) is 7.56. The minimum absolute atomic E-state index is 0.104. The van der Waals surface area contributed by atoms with Gasteiger partial charge in [-0.25, -0.2) is 4.98 Å². The predicted octanol–water partition coefficient (Wildman–Crippen LogP) is 4.72. The highest BCUT2D eigenvalue weighted by molar-refractivity contribution is 7.99. The van der Waals surface area contributed by atoms with Crippen molar-refractivity contribution in [2.24, 2.45) is 0 Å². The van der Waals surface area contributed by atoms with Crippen LogP contribution in [-0.2, 0) is 4.79 Å². The van der Waals surface area contributed by atoms with E-state index >= 15 is 0 Å². The number of amides is 1. The number of nitrogens with one attached hydrogen (secondary N) is 1. The molecule has 2 heterocycles. The summed E-state index contributed by atoms with van der Waals surface area (Å²) in [7, 11) is 0. The molecule has 5 nitrogen and oxygen atoms in total. The average Bonchev–Trinajstić information content (AvgIpc) is 2.87. The zero-order valence-electron chi connectivity index (χ0n) is 16.4. The number of nitrogens with zero attached hydrogens (tertiary/aromatic N) is 2. The van der Waals surface area contributed by atoms with E-state index < -0.39 is 0 Å². The third-order valence-electron chi connectivity index (χ3n) is 4.10. The molecule has 0 fully saturated rings. The van der Waals surface area contributed by atoms with Crippen LogP contribution in [0.15, 0.2) is 34.2 Å². The minimum atomic E-state index is -0.313. The zero-order valence-corrected chi connectivity index (χ0v) is 18.8. The first-order valence-electron chi connectivity index (χ1n) is 8.79. The Morgan fingerprint density at radius 2 is 1.89 bits per heavy atom. The minimum Gasteiger partial charge on any atom is -0.351 e. The maximum atomic E-state index is 13.3. The molecule has 0 saturated carbocycles. The summed E-state index contributed by atoms with van der Waals surface area (Å²) >= 11 is 8.76. The summed E-state index contributed by atoms with van der Waals surface area (Å²) in [5.74, 6) is 0.0691. The van der Waals surface area contributed by atoms with Crippen LogP contribution in [0.3, 0.4) is 0 Å². The highest BCUT2D eigenvalue weighted by Crippen LogP contribution is 2.29. The van der Waals surface area contributed by atoms with Crippen LogP contribution in [0.5, 0.6) is 0 Å². The highest BCUT2D eigenvalue weighted by atomic mass is 35.5. The second-order valence-corrected chi connectivity index (χ2v) is 10.1. The molecule has 2 aromatic heterocycles. The van der Waals surface area contributed by atoms with Crippen molar-refractivity contribution >= 4 is 50.8 Å². The van der Waals surface area contributed by atoms with Crippen LogP contribution in [0, 0.1) is 13.8 Å². The molecule has 1 N–H and O–H groups in total. The number of carbonyl (C=O) groups excluding carboxylic acids is 1. The fraction of sp³-hybridized carbons (Fsp3) is 0.350. The molecule has 0 unspecified atom stereocenters. The normalized spacial score (nSPS) is 11.8. The van der Waals surface area contributed by atoms with Gasteiger partial charge in [-0.2, -0.15) is 0 Å². The maximum absolute atomic E-state index is 13.3. The van der Waals surface area contributed by atoms with Gasteiger partial charge in [0.15, 0.2) is 5.16 Å². The molecule has 28 heavy (non-hydrogen) atoms. The van der Waals surface area contributed by atoms with Crippen molar-refractivity contribution in [3.8, 4) is 5.69 Å².